The van der Waals surface area contributed by atoms with Crippen molar-refractivity contribution in [2.24, 2.45) is 5.92 Å². The fourth-order valence-electron chi connectivity index (χ4n) is 2.93. The van der Waals surface area contributed by atoms with E-state index in [4.69, 9.17) is 0 Å². The summed E-state index contributed by atoms with van der Waals surface area (Å²) in [5, 5.41) is 9.96. The van der Waals surface area contributed by atoms with Gasteiger partial charge in [-0.3, -0.25) is 9.80 Å². The van der Waals surface area contributed by atoms with Crippen LogP contribution in [0.2, 0.25) is 0 Å². The van der Waals surface area contributed by atoms with Gasteiger partial charge in [-0.2, -0.15) is 0 Å². The molecule has 1 N–H and O–H groups in total. The Labute approximate surface area is 148 Å². The second-order valence-corrected chi connectivity index (χ2v) is 6.22. The van der Waals surface area contributed by atoms with Crippen LogP contribution in [0, 0.1) is 17.6 Å². The zero-order valence-electron chi connectivity index (χ0n) is 13.0. The van der Waals surface area contributed by atoms with Gasteiger partial charge >= 0.3 is 0 Å². The van der Waals surface area contributed by atoms with Gasteiger partial charge < -0.3 is 5.11 Å². The van der Waals surface area contributed by atoms with Crippen molar-refractivity contribution in [3.8, 4) is 0 Å². The third kappa shape index (κ3) is 5.84. The summed E-state index contributed by atoms with van der Waals surface area (Å²) in [5.41, 5.74) is 0.418. The Kier molecular flexibility index (Phi) is 8.18. The lowest BCUT2D eigenvalue weighted by Crippen LogP contribution is -2.48. The highest BCUT2D eigenvalue weighted by atomic mass is 35.5. The van der Waals surface area contributed by atoms with E-state index in [1.54, 1.807) is 0 Å². The third-order valence-electron chi connectivity index (χ3n) is 4.48. The number of rotatable bonds is 5. The number of aliphatic hydroxyl groups excluding tert-OH is 1. The number of benzene rings is 1. The maximum absolute atomic E-state index is 13.6. The van der Waals surface area contributed by atoms with E-state index >= 15 is 0 Å². The van der Waals surface area contributed by atoms with E-state index in [2.05, 4.69) is 9.80 Å². The summed E-state index contributed by atoms with van der Waals surface area (Å²) < 4.78 is 26.8. The zero-order valence-corrected chi connectivity index (χ0v) is 14.6. The number of β-amino-alcohol motifs (C(OH)–C–C–N with tert-alkyl or cyclic N) is 1. The monoisotopic (exact) mass is 368 g/mol. The van der Waals surface area contributed by atoms with Crippen LogP contribution in [0.4, 0.5) is 8.78 Å². The molecule has 1 saturated carbocycles. The zero-order chi connectivity index (χ0) is 14.8. The Morgan fingerprint density at radius 3 is 2.26 bits per heavy atom. The fourth-order valence-corrected chi connectivity index (χ4v) is 2.93. The molecule has 1 heterocycles. The third-order valence-corrected chi connectivity index (χ3v) is 4.48. The minimum absolute atomic E-state index is 0. The first-order valence-electron chi connectivity index (χ1n) is 7.68. The van der Waals surface area contributed by atoms with Crippen LogP contribution in [-0.4, -0.2) is 53.7 Å². The molecule has 0 spiro atoms. The van der Waals surface area contributed by atoms with Gasteiger partial charge in [0.2, 0.25) is 0 Å². The highest BCUT2D eigenvalue weighted by Gasteiger charge is 2.31. The molecule has 7 heteroatoms. The molecular weight excluding hydrogens is 345 g/mol. The smallest absolute Gasteiger partial charge is 0.127 e. The molecule has 1 atom stereocenters. The minimum Gasteiger partial charge on any atom is -0.392 e. The van der Waals surface area contributed by atoms with Gasteiger partial charge in [0.15, 0.2) is 0 Å². The highest BCUT2D eigenvalue weighted by Crippen LogP contribution is 2.32. The molecule has 0 amide bonds. The van der Waals surface area contributed by atoms with Gasteiger partial charge in [0.25, 0.3) is 0 Å². The van der Waals surface area contributed by atoms with Gasteiger partial charge in [-0.15, -0.1) is 24.8 Å². The topological polar surface area (TPSA) is 26.7 Å². The number of piperazine rings is 1. The molecular formula is C16H24Cl2F2N2O. The molecule has 1 aromatic carbocycles. The minimum atomic E-state index is -0.391. The second-order valence-electron chi connectivity index (χ2n) is 6.22. The van der Waals surface area contributed by atoms with Crippen LogP contribution in [0.3, 0.4) is 0 Å². The Bertz CT molecular complexity index is 495. The van der Waals surface area contributed by atoms with Crippen molar-refractivity contribution in [3.63, 3.8) is 0 Å². The van der Waals surface area contributed by atoms with E-state index in [0.717, 1.165) is 51.6 Å². The molecule has 1 aromatic rings. The van der Waals surface area contributed by atoms with Crippen LogP contribution < -0.4 is 0 Å². The molecule has 3 nitrogen and oxygen atoms in total. The summed E-state index contributed by atoms with van der Waals surface area (Å²) in [7, 11) is 0. The first-order chi connectivity index (χ1) is 10.1. The normalized spacial score (nSPS) is 20.5. The molecule has 1 aliphatic heterocycles. The highest BCUT2D eigenvalue weighted by molar-refractivity contribution is 5.85. The predicted octanol–water partition coefficient (Wildman–Crippen LogP) is 2.70. The summed E-state index contributed by atoms with van der Waals surface area (Å²) in [6.07, 6.45) is 2.11. The molecule has 132 valence electrons. The summed E-state index contributed by atoms with van der Waals surface area (Å²) in [6, 6.07) is 3.61. The van der Waals surface area contributed by atoms with Crippen LogP contribution in [-0.2, 0) is 6.54 Å². The predicted molar refractivity (Wildman–Crippen MR) is 91.3 cm³/mol. The molecule has 1 aliphatic carbocycles. The van der Waals surface area contributed by atoms with Gasteiger partial charge in [0, 0.05) is 44.8 Å². The number of hydrogen-bond acceptors (Lipinski definition) is 3. The van der Waals surface area contributed by atoms with E-state index < -0.39 is 5.82 Å². The Morgan fingerprint density at radius 1 is 1.04 bits per heavy atom. The molecule has 2 fully saturated rings. The van der Waals surface area contributed by atoms with E-state index in [-0.39, 0.29) is 36.7 Å². The second kappa shape index (κ2) is 9.14. The van der Waals surface area contributed by atoms with Crippen molar-refractivity contribution < 1.29 is 13.9 Å². The van der Waals surface area contributed by atoms with Crippen molar-refractivity contribution >= 4 is 24.8 Å². The van der Waals surface area contributed by atoms with Crippen LogP contribution in [0.15, 0.2) is 18.2 Å². The SMILES string of the molecule is Cl.Cl.OC(CN1CCN(Cc2cc(F)ccc2F)CC1)C1CC1. The molecule has 23 heavy (non-hydrogen) atoms. The van der Waals surface area contributed by atoms with Crippen molar-refractivity contribution in [1.82, 2.24) is 9.80 Å². The van der Waals surface area contributed by atoms with Gasteiger partial charge in [-0.05, 0) is 37.0 Å². The first-order valence-corrected chi connectivity index (χ1v) is 7.68. The van der Waals surface area contributed by atoms with Gasteiger partial charge in [-0.25, -0.2) is 8.78 Å². The van der Waals surface area contributed by atoms with E-state index in [0.29, 0.717) is 18.0 Å². The molecule has 3 rings (SSSR count). The lowest BCUT2D eigenvalue weighted by Gasteiger charge is -2.35. The summed E-state index contributed by atoms with van der Waals surface area (Å²) in [4.78, 5) is 4.40. The van der Waals surface area contributed by atoms with Crippen LogP contribution in [0.5, 0.6) is 0 Å². The first kappa shape index (κ1) is 20.6. The molecule has 0 bridgehead atoms. The standard InChI is InChI=1S/C16H22F2N2O.2ClH/c17-14-3-4-15(18)13(9-14)10-19-5-7-20(8-6-19)11-16(21)12-1-2-12;;/h3-4,9,12,16,21H,1-2,5-8,10-11H2;2*1H. The summed E-state index contributed by atoms with van der Waals surface area (Å²) >= 11 is 0. The molecule has 1 unspecified atom stereocenters. The van der Waals surface area contributed by atoms with E-state index in [9.17, 15) is 13.9 Å². The van der Waals surface area contributed by atoms with Crippen LogP contribution in [0.1, 0.15) is 18.4 Å². The number of nitrogens with zero attached hydrogens (tertiary/aromatic N) is 2. The summed E-state index contributed by atoms with van der Waals surface area (Å²) in [6.45, 7) is 4.59. The van der Waals surface area contributed by atoms with Gasteiger partial charge in [0.05, 0.1) is 6.10 Å². The molecule has 0 aromatic heterocycles. The van der Waals surface area contributed by atoms with E-state index in [1.807, 2.05) is 0 Å². The van der Waals surface area contributed by atoms with Gasteiger partial charge in [0.1, 0.15) is 11.6 Å². The van der Waals surface area contributed by atoms with Crippen LogP contribution in [0.25, 0.3) is 0 Å². The Hall–Kier alpha value is -0.460. The van der Waals surface area contributed by atoms with Crippen molar-refractivity contribution in [2.75, 3.05) is 32.7 Å². The average molecular weight is 369 g/mol. The Balaban J connectivity index is 0.00000132. The maximum atomic E-state index is 13.6. The van der Waals surface area contributed by atoms with Crippen molar-refractivity contribution in [1.29, 1.82) is 0 Å². The van der Waals surface area contributed by atoms with Crippen molar-refractivity contribution in [3.05, 3.63) is 35.4 Å². The lowest BCUT2D eigenvalue weighted by molar-refractivity contribution is 0.0599. The largest absolute Gasteiger partial charge is 0.392 e. The Morgan fingerprint density at radius 2 is 1.65 bits per heavy atom. The number of aliphatic hydroxyl groups is 1. The van der Waals surface area contributed by atoms with Crippen molar-refractivity contribution in [2.45, 2.75) is 25.5 Å². The van der Waals surface area contributed by atoms with Crippen LogP contribution >= 0.6 is 24.8 Å². The quantitative estimate of drug-likeness (QED) is 0.865. The average Bonchev–Trinajstić information content (AvgIpc) is 3.29. The summed E-state index contributed by atoms with van der Waals surface area (Å²) in [5.74, 6) is -0.231. The molecule has 0 radical (unpaired) electrons. The fraction of sp³-hybridized carbons (Fsp3) is 0.625. The van der Waals surface area contributed by atoms with Gasteiger partial charge in [-0.1, -0.05) is 0 Å². The number of hydrogen-bond donors (Lipinski definition) is 1. The maximum Gasteiger partial charge on any atom is 0.127 e. The van der Waals surface area contributed by atoms with E-state index in [1.165, 1.54) is 12.1 Å². The lowest BCUT2D eigenvalue weighted by atomic mass is 10.1. The number of halogens is 4. The molecule has 2 aliphatic rings. The molecule has 1 saturated heterocycles.